The van der Waals surface area contributed by atoms with Gasteiger partial charge in [0.05, 0.1) is 16.9 Å². The molecule has 0 saturated carbocycles. The van der Waals surface area contributed by atoms with Crippen molar-refractivity contribution in [2.45, 2.75) is 33.6 Å². The molecule has 0 atom stereocenters. The van der Waals surface area contributed by atoms with E-state index in [0.29, 0.717) is 23.6 Å². The van der Waals surface area contributed by atoms with Gasteiger partial charge in [0.2, 0.25) is 0 Å². The van der Waals surface area contributed by atoms with Crippen LogP contribution in [0.3, 0.4) is 0 Å². The molecular formula is C24H26N2O3. The first-order valence-electron chi connectivity index (χ1n) is 9.83. The lowest BCUT2D eigenvalue weighted by atomic mass is 9.93. The zero-order valence-corrected chi connectivity index (χ0v) is 17.3. The summed E-state index contributed by atoms with van der Waals surface area (Å²) in [5, 5.41) is 10.5. The van der Waals surface area contributed by atoms with E-state index in [-0.39, 0.29) is 0 Å². The Morgan fingerprint density at radius 3 is 2.41 bits per heavy atom. The van der Waals surface area contributed by atoms with Gasteiger partial charge in [-0.05, 0) is 48.1 Å². The summed E-state index contributed by atoms with van der Waals surface area (Å²) in [4.78, 5) is 29.3. The quantitative estimate of drug-likeness (QED) is 0.557. The number of amides is 1. The van der Waals surface area contributed by atoms with Crippen LogP contribution in [0.1, 0.15) is 42.4 Å². The predicted molar refractivity (Wildman–Crippen MR) is 117 cm³/mol. The van der Waals surface area contributed by atoms with Gasteiger partial charge >= 0.3 is 6.09 Å². The molecule has 2 aromatic carbocycles. The minimum absolute atomic E-state index is 0.311. The molecule has 1 heterocycles. The van der Waals surface area contributed by atoms with Gasteiger partial charge in [0.25, 0.3) is 0 Å². The van der Waals surface area contributed by atoms with Crippen LogP contribution in [0.25, 0.3) is 22.0 Å². The smallest absolute Gasteiger partial charge is 0.411 e. The largest absolute Gasteiger partial charge is 0.465 e. The molecule has 0 unspecified atom stereocenters. The zero-order valence-electron chi connectivity index (χ0n) is 17.3. The molecular weight excluding hydrogens is 364 g/mol. The number of hydrogen-bond acceptors (Lipinski definition) is 3. The van der Waals surface area contributed by atoms with Gasteiger partial charge in [-0.25, -0.2) is 4.79 Å². The van der Waals surface area contributed by atoms with E-state index in [9.17, 15) is 14.7 Å². The van der Waals surface area contributed by atoms with Crippen LogP contribution in [-0.4, -0.2) is 29.5 Å². The van der Waals surface area contributed by atoms with Crippen LogP contribution in [0.5, 0.6) is 0 Å². The van der Waals surface area contributed by atoms with E-state index in [2.05, 4.69) is 32.9 Å². The molecule has 29 heavy (non-hydrogen) atoms. The van der Waals surface area contributed by atoms with E-state index in [0.717, 1.165) is 40.4 Å². The van der Waals surface area contributed by atoms with E-state index >= 15 is 0 Å². The number of anilines is 1. The second-order valence-corrected chi connectivity index (χ2v) is 7.67. The summed E-state index contributed by atoms with van der Waals surface area (Å²) in [6.45, 7) is 6.26. The number of benzene rings is 2. The Labute approximate surface area is 171 Å². The number of carbonyl (C=O) groups is 2. The number of aromatic nitrogens is 1. The lowest BCUT2D eigenvalue weighted by Crippen LogP contribution is -2.26. The Morgan fingerprint density at radius 2 is 1.86 bits per heavy atom. The number of aryl methyl sites for hydroxylation is 1. The first-order chi connectivity index (χ1) is 13.8. The number of carboxylic acid groups (broad SMARTS) is 1. The van der Waals surface area contributed by atoms with E-state index in [1.54, 1.807) is 19.2 Å². The molecule has 0 aliphatic rings. The summed E-state index contributed by atoms with van der Waals surface area (Å²) in [5.74, 6) is 0.311. The Kier molecular flexibility index (Phi) is 5.97. The Morgan fingerprint density at radius 1 is 1.17 bits per heavy atom. The summed E-state index contributed by atoms with van der Waals surface area (Å²) in [6, 6.07) is 13.5. The number of nitrogens with zero attached hydrogens (tertiary/aromatic N) is 2. The van der Waals surface area contributed by atoms with Crippen LogP contribution < -0.4 is 4.90 Å². The summed E-state index contributed by atoms with van der Waals surface area (Å²) in [5.41, 5.74) is 5.51. The van der Waals surface area contributed by atoms with E-state index in [1.807, 2.05) is 18.2 Å². The third-order valence-corrected chi connectivity index (χ3v) is 5.07. The van der Waals surface area contributed by atoms with E-state index in [4.69, 9.17) is 4.98 Å². The fourth-order valence-electron chi connectivity index (χ4n) is 3.58. The van der Waals surface area contributed by atoms with Gasteiger partial charge in [-0.3, -0.25) is 14.7 Å². The average Bonchev–Trinajstić information content (AvgIpc) is 2.71. The minimum atomic E-state index is -1.05. The number of aldehydes is 1. The van der Waals surface area contributed by atoms with Gasteiger partial charge in [-0.2, -0.15) is 0 Å². The highest BCUT2D eigenvalue weighted by Gasteiger charge is 2.23. The monoisotopic (exact) mass is 390 g/mol. The maximum atomic E-state index is 11.9. The van der Waals surface area contributed by atoms with Crippen molar-refractivity contribution in [1.82, 2.24) is 4.98 Å². The van der Waals surface area contributed by atoms with Crippen LogP contribution in [0.4, 0.5) is 10.5 Å². The van der Waals surface area contributed by atoms with Gasteiger partial charge in [0, 0.05) is 23.6 Å². The number of pyridine rings is 1. The van der Waals surface area contributed by atoms with Gasteiger partial charge in [-0.15, -0.1) is 0 Å². The minimum Gasteiger partial charge on any atom is -0.465 e. The van der Waals surface area contributed by atoms with Gasteiger partial charge in [0.15, 0.2) is 0 Å². The van der Waals surface area contributed by atoms with Crippen LogP contribution in [0, 0.1) is 5.92 Å². The zero-order chi connectivity index (χ0) is 21.1. The van der Waals surface area contributed by atoms with Crippen molar-refractivity contribution in [1.29, 1.82) is 0 Å². The third kappa shape index (κ3) is 4.14. The molecule has 5 nitrogen and oxygen atoms in total. The summed E-state index contributed by atoms with van der Waals surface area (Å²) in [6.07, 6.45) is 1.33. The topological polar surface area (TPSA) is 70.5 Å². The highest BCUT2D eigenvalue weighted by molar-refractivity contribution is 6.06. The molecule has 3 rings (SSSR count). The number of carbonyl (C=O) groups excluding carboxylic acids is 1. The average molecular weight is 390 g/mol. The first kappa shape index (κ1) is 20.5. The number of fused-ring (bicyclic) bond motifs is 1. The van der Waals surface area contributed by atoms with Gasteiger partial charge in [-0.1, -0.05) is 45.0 Å². The molecule has 150 valence electrons. The van der Waals surface area contributed by atoms with E-state index in [1.165, 1.54) is 10.5 Å². The SMILES string of the molecule is CCc1ccc(-c2c(N(C)C(=O)O)c(CC(C)C)nc3ccc(C=O)cc23)cc1. The first-order valence-corrected chi connectivity index (χ1v) is 9.83. The van der Waals surface area contributed by atoms with Crippen molar-refractivity contribution in [3.05, 3.63) is 59.3 Å². The standard InChI is InChI=1S/C24H26N2O3/c1-5-16-6-9-18(10-7-16)22-19-13-17(14-27)8-11-20(19)25-21(12-15(2)3)23(22)26(4)24(28)29/h6-11,13-15H,5,12H2,1-4H3,(H,28,29). The van der Waals surface area contributed by atoms with Crippen molar-refractivity contribution in [3.63, 3.8) is 0 Å². The fraction of sp³-hybridized carbons (Fsp3) is 0.292. The van der Waals surface area contributed by atoms with Crippen molar-refractivity contribution >= 4 is 29.0 Å². The van der Waals surface area contributed by atoms with Gasteiger partial charge < -0.3 is 5.11 Å². The van der Waals surface area contributed by atoms with Crippen LogP contribution in [-0.2, 0) is 12.8 Å². The number of hydrogen-bond donors (Lipinski definition) is 1. The highest BCUT2D eigenvalue weighted by Crippen LogP contribution is 2.40. The molecule has 0 aliphatic carbocycles. The van der Waals surface area contributed by atoms with Crippen LogP contribution in [0.15, 0.2) is 42.5 Å². The molecule has 1 N–H and O–H groups in total. The van der Waals surface area contributed by atoms with Crippen molar-refractivity contribution in [3.8, 4) is 11.1 Å². The molecule has 0 bridgehead atoms. The summed E-state index contributed by atoms with van der Waals surface area (Å²) >= 11 is 0. The molecule has 5 heteroatoms. The Hall–Kier alpha value is -3.21. The third-order valence-electron chi connectivity index (χ3n) is 5.07. The van der Waals surface area contributed by atoms with Crippen LogP contribution in [0.2, 0.25) is 0 Å². The fourth-order valence-corrected chi connectivity index (χ4v) is 3.58. The molecule has 0 spiro atoms. The Bertz CT molecular complexity index is 1060. The lowest BCUT2D eigenvalue weighted by molar-refractivity contribution is 0.112. The Balaban J connectivity index is 2.44. The normalized spacial score (nSPS) is 11.1. The second-order valence-electron chi connectivity index (χ2n) is 7.67. The van der Waals surface area contributed by atoms with Crippen molar-refractivity contribution < 1.29 is 14.7 Å². The maximum absolute atomic E-state index is 11.9. The summed E-state index contributed by atoms with van der Waals surface area (Å²) < 4.78 is 0. The second kappa shape index (κ2) is 8.43. The van der Waals surface area contributed by atoms with Crippen LogP contribution >= 0.6 is 0 Å². The molecule has 0 aliphatic heterocycles. The van der Waals surface area contributed by atoms with Crippen molar-refractivity contribution in [2.75, 3.05) is 11.9 Å². The van der Waals surface area contributed by atoms with Crippen molar-refractivity contribution in [2.24, 2.45) is 5.92 Å². The molecule has 1 amide bonds. The molecule has 3 aromatic rings. The molecule has 0 saturated heterocycles. The van der Waals surface area contributed by atoms with Gasteiger partial charge in [0.1, 0.15) is 6.29 Å². The molecule has 0 fully saturated rings. The summed E-state index contributed by atoms with van der Waals surface area (Å²) in [7, 11) is 1.54. The highest BCUT2D eigenvalue weighted by atomic mass is 16.4. The van der Waals surface area contributed by atoms with E-state index < -0.39 is 6.09 Å². The lowest BCUT2D eigenvalue weighted by Gasteiger charge is -2.24. The molecule has 0 radical (unpaired) electrons. The number of rotatable bonds is 6. The molecule has 1 aromatic heterocycles. The predicted octanol–water partition coefficient (Wildman–Crippen LogP) is 5.59. The maximum Gasteiger partial charge on any atom is 0.411 e.